The Morgan fingerprint density at radius 3 is 2.73 bits per heavy atom. The Morgan fingerprint density at radius 2 is 2.07 bits per heavy atom. The molecule has 80 valence electrons. The van der Waals surface area contributed by atoms with Crippen LogP contribution in [-0.4, -0.2) is 28.1 Å². The number of aliphatic hydroxyl groups is 1. The first-order valence-corrected chi connectivity index (χ1v) is 5.48. The first-order chi connectivity index (χ1) is 7.16. The molecule has 3 heteroatoms. The van der Waals surface area contributed by atoms with Crippen molar-refractivity contribution in [2.45, 2.75) is 25.9 Å². The maximum atomic E-state index is 9.70. The van der Waals surface area contributed by atoms with E-state index in [1.54, 1.807) is 0 Å². The summed E-state index contributed by atoms with van der Waals surface area (Å²) in [6.07, 6.45) is 8.77. The lowest BCUT2D eigenvalue weighted by atomic mass is 10.0. The number of hydrogen-bond acceptors (Lipinski definition) is 3. The second kappa shape index (κ2) is 2.81. The van der Waals surface area contributed by atoms with Crippen LogP contribution in [0.15, 0.2) is 35.5 Å². The van der Waals surface area contributed by atoms with E-state index in [2.05, 4.69) is 30.0 Å². The molecule has 0 spiro atoms. The molecule has 3 rings (SSSR count). The summed E-state index contributed by atoms with van der Waals surface area (Å²) in [6, 6.07) is 0. The van der Waals surface area contributed by atoms with Gasteiger partial charge in [-0.05, 0) is 37.3 Å². The van der Waals surface area contributed by atoms with Crippen molar-refractivity contribution in [3.05, 3.63) is 35.5 Å². The van der Waals surface area contributed by atoms with Gasteiger partial charge in [0.05, 0.1) is 0 Å². The highest BCUT2D eigenvalue weighted by atomic mass is 16.3. The zero-order valence-corrected chi connectivity index (χ0v) is 9.14. The smallest absolute Gasteiger partial charge is 0.131 e. The van der Waals surface area contributed by atoms with E-state index in [4.69, 9.17) is 0 Å². The molecule has 1 atom stereocenters. The van der Waals surface area contributed by atoms with Gasteiger partial charge in [-0.2, -0.15) is 0 Å². The maximum Gasteiger partial charge on any atom is 0.131 e. The summed E-state index contributed by atoms with van der Waals surface area (Å²) in [6.45, 7) is 2.08. The van der Waals surface area contributed by atoms with Crippen LogP contribution in [0.1, 0.15) is 19.8 Å². The van der Waals surface area contributed by atoms with Crippen LogP contribution in [-0.2, 0) is 0 Å². The van der Waals surface area contributed by atoms with Gasteiger partial charge >= 0.3 is 0 Å². The fraction of sp³-hybridized carbons (Fsp3) is 0.500. The number of allylic oxidation sites excluding steroid dienone is 2. The fourth-order valence-corrected chi connectivity index (χ4v) is 2.56. The largest absolute Gasteiger partial charge is 0.506 e. The van der Waals surface area contributed by atoms with Gasteiger partial charge in [0.25, 0.3) is 0 Å². The summed E-state index contributed by atoms with van der Waals surface area (Å²) in [5.74, 6) is 1.08. The van der Waals surface area contributed by atoms with Crippen LogP contribution in [0.5, 0.6) is 0 Å². The Balaban J connectivity index is 2.00. The second-order valence-corrected chi connectivity index (χ2v) is 4.69. The summed E-state index contributed by atoms with van der Waals surface area (Å²) in [7, 11) is 2.10. The molecule has 15 heavy (non-hydrogen) atoms. The van der Waals surface area contributed by atoms with Crippen LogP contribution in [0.4, 0.5) is 0 Å². The van der Waals surface area contributed by atoms with Gasteiger partial charge in [0, 0.05) is 25.1 Å². The molecule has 1 saturated carbocycles. The van der Waals surface area contributed by atoms with Crippen LogP contribution in [0.25, 0.3) is 0 Å². The Kier molecular flexibility index (Phi) is 1.67. The molecule has 1 aliphatic carbocycles. The van der Waals surface area contributed by atoms with Crippen molar-refractivity contribution in [2.24, 2.45) is 5.92 Å². The highest BCUT2D eigenvalue weighted by Crippen LogP contribution is 2.44. The first-order valence-electron chi connectivity index (χ1n) is 5.48. The Labute approximate surface area is 90.0 Å². The Hall–Kier alpha value is -1.38. The minimum Gasteiger partial charge on any atom is -0.506 e. The third-order valence-electron chi connectivity index (χ3n) is 3.38. The van der Waals surface area contributed by atoms with Crippen molar-refractivity contribution in [2.75, 3.05) is 7.05 Å². The molecule has 0 bridgehead atoms. The summed E-state index contributed by atoms with van der Waals surface area (Å²) in [5, 5.41) is 9.70. The molecule has 1 fully saturated rings. The molecule has 3 aliphatic rings. The lowest BCUT2D eigenvalue weighted by Gasteiger charge is -2.34. The number of fused-ring (bicyclic) bond motifs is 1. The molecule has 0 aromatic rings. The lowest BCUT2D eigenvalue weighted by molar-refractivity contribution is 0.231. The van der Waals surface area contributed by atoms with Crippen LogP contribution >= 0.6 is 0 Å². The second-order valence-electron chi connectivity index (χ2n) is 4.69. The molecule has 1 N–H and O–H groups in total. The third-order valence-corrected chi connectivity index (χ3v) is 3.38. The highest BCUT2D eigenvalue weighted by Gasteiger charge is 2.39. The minimum absolute atomic E-state index is 0.313. The molecule has 1 unspecified atom stereocenters. The molecule has 3 nitrogen and oxygen atoms in total. The first kappa shape index (κ1) is 8.89. The van der Waals surface area contributed by atoms with E-state index in [1.165, 1.54) is 24.1 Å². The SMILES string of the molecule is CC1=CN(C)C2C(C3CC3)=CC(O)=CN12. The molecular weight excluding hydrogens is 188 g/mol. The molecular formula is C12H16N2O. The van der Waals surface area contributed by atoms with E-state index in [-0.39, 0.29) is 0 Å². The molecule has 2 heterocycles. The fourth-order valence-electron chi connectivity index (χ4n) is 2.56. The maximum absolute atomic E-state index is 9.70. The standard InChI is InChI=1S/C12H16N2O/c1-8-6-13(2)12-11(9-3-4-9)5-10(15)7-14(8)12/h5-7,9,12,15H,3-4H2,1-2H3. The molecule has 0 aromatic heterocycles. The predicted octanol–water partition coefficient (Wildman–Crippen LogP) is 2.17. The van der Waals surface area contributed by atoms with Gasteiger partial charge in [-0.15, -0.1) is 0 Å². The van der Waals surface area contributed by atoms with Crippen LogP contribution in [0.3, 0.4) is 0 Å². The zero-order chi connectivity index (χ0) is 10.6. The van der Waals surface area contributed by atoms with Crippen LogP contribution < -0.4 is 0 Å². The topological polar surface area (TPSA) is 26.7 Å². The van der Waals surface area contributed by atoms with Gasteiger partial charge in [-0.1, -0.05) is 0 Å². The normalized spacial score (nSPS) is 29.7. The van der Waals surface area contributed by atoms with E-state index < -0.39 is 0 Å². The molecule has 0 amide bonds. The number of hydrogen-bond donors (Lipinski definition) is 1. The average molecular weight is 204 g/mol. The molecule has 0 radical (unpaired) electrons. The third kappa shape index (κ3) is 1.26. The van der Waals surface area contributed by atoms with E-state index >= 15 is 0 Å². The summed E-state index contributed by atoms with van der Waals surface area (Å²) in [5.41, 5.74) is 2.56. The average Bonchev–Trinajstić information content (AvgIpc) is 2.95. The number of aliphatic hydroxyl groups excluding tert-OH is 1. The van der Waals surface area contributed by atoms with Crippen molar-refractivity contribution in [1.82, 2.24) is 9.80 Å². The summed E-state index contributed by atoms with van der Waals surface area (Å²) in [4.78, 5) is 4.38. The number of nitrogens with zero attached hydrogens (tertiary/aromatic N) is 2. The van der Waals surface area contributed by atoms with E-state index in [1.807, 2.05) is 12.3 Å². The van der Waals surface area contributed by atoms with E-state index in [9.17, 15) is 5.11 Å². The van der Waals surface area contributed by atoms with Gasteiger partial charge in [0.2, 0.25) is 0 Å². The zero-order valence-electron chi connectivity index (χ0n) is 9.14. The van der Waals surface area contributed by atoms with Crippen molar-refractivity contribution in [3.8, 4) is 0 Å². The van der Waals surface area contributed by atoms with Crippen LogP contribution in [0.2, 0.25) is 0 Å². The van der Waals surface area contributed by atoms with Gasteiger partial charge in [0.1, 0.15) is 11.9 Å². The minimum atomic E-state index is 0.313. The molecule has 0 saturated heterocycles. The van der Waals surface area contributed by atoms with Crippen molar-refractivity contribution in [3.63, 3.8) is 0 Å². The van der Waals surface area contributed by atoms with Crippen molar-refractivity contribution >= 4 is 0 Å². The lowest BCUT2D eigenvalue weighted by Crippen LogP contribution is -2.39. The summed E-state index contributed by atoms with van der Waals surface area (Å²) >= 11 is 0. The summed E-state index contributed by atoms with van der Waals surface area (Å²) < 4.78 is 0. The molecule has 0 aromatic carbocycles. The molecule has 2 aliphatic heterocycles. The monoisotopic (exact) mass is 204 g/mol. The van der Waals surface area contributed by atoms with E-state index in [0.29, 0.717) is 17.8 Å². The number of rotatable bonds is 1. The van der Waals surface area contributed by atoms with Gasteiger partial charge in [-0.3, -0.25) is 0 Å². The van der Waals surface area contributed by atoms with Gasteiger partial charge in [0.15, 0.2) is 0 Å². The van der Waals surface area contributed by atoms with Crippen molar-refractivity contribution in [1.29, 1.82) is 0 Å². The quantitative estimate of drug-likeness (QED) is 0.709. The van der Waals surface area contributed by atoms with Crippen molar-refractivity contribution < 1.29 is 5.11 Å². The number of likely N-dealkylation sites (N-methyl/N-ethyl adjacent to an activating group) is 1. The van der Waals surface area contributed by atoms with E-state index in [0.717, 1.165) is 0 Å². The Morgan fingerprint density at radius 1 is 1.33 bits per heavy atom. The van der Waals surface area contributed by atoms with Gasteiger partial charge in [-0.25, -0.2) is 0 Å². The Bertz CT molecular complexity index is 390. The van der Waals surface area contributed by atoms with Gasteiger partial charge < -0.3 is 14.9 Å². The highest BCUT2D eigenvalue weighted by molar-refractivity contribution is 5.35. The van der Waals surface area contributed by atoms with Crippen LogP contribution in [0, 0.1) is 5.92 Å². The predicted molar refractivity (Wildman–Crippen MR) is 58.7 cm³/mol.